The Hall–Kier alpha value is -1.57. The van der Waals surface area contributed by atoms with Crippen molar-refractivity contribution in [1.82, 2.24) is 16.0 Å². The molecule has 2 rings (SSSR count). The maximum absolute atomic E-state index is 11.9. The number of morpholine rings is 1. The summed E-state index contributed by atoms with van der Waals surface area (Å²) in [5.74, 6) is -0.159. The minimum absolute atomic E-state index is 0. The number of ether oxygens (including phenoxy) is 1. The first-order valence-corrected chi connectivity index (χ1v) is 6.63. The van der Waals surface area contributed by atoms with Gasteiger partial charge in [0.2, 0.25) is 5.91 Å². The molecule has 0 aliphatic carbocycles. The largest absolute Gasteiger partial charge is 0.459 e. The molecular formula is C13H20ClN3O4. The molecule has 0 radical (unpaired) electrons. The van der Waals surface area contributed by atoms with Gasteiger partial charge in [-0.15, -0.1) is 12.4 Å². The van der Waals surface area contributed by atoms with Crippen molar-refractivity contribution in [2.24, 2.45) is 0 Å². The summed E-state index contributed by atoms with van der Waals surface area (Å²) < 4.78 is 10.4. The summed E-state index contributed by atoms with van der Waals surface area (Å²) in [7, 11) is 0. The molecule has 0 saturated carbocycles. The van der Waals surface area contributed by atoms with Gasteiger partial charge in [0.25, 0.3) is 5.91 Å². The van der Waals surface area contributed by atoms with Gasteiger partial charge in [-0.3, -0.25) is 9.59 Å². The predicted molar refractivity (Wildman–Crippen MR) is 78.5 cm³/mol. The van der Waals surface area contributed by atoms with Gasteiger partial charge in [0.05, 0.1) is 19.0 Å². The van der Waals surface area contributed by atoms with E-state index < -0.39 is 0 Å². The predicted octanol–water partition coefficient (Wildman–Crippen LogP) is -0.0757. The molecule has 1 aliphatic rings. The topological polar surface area (TPSA) is 92.6 Å². The van der Waals surface area contributed by atoms with Crippen LogP contribution in [-0.2, 0) is 9.53 Å². The van der Waals surface area contributed by atoms with Crippen LogP contribution in [0.2, 0.25) is 0 Å². The molecule has 0 spiro atoms. The van der Waals surface area contributed by atoms with Gasteiger partial charge >= 0.3 is 0 Å². The van der Waals surface area contributed by atoms with Crippen LogP contribution < -0.4 is 16.0 Å². The summed E-state index contributed by atoms with van der Waals surface area (Å²) in [4.78, 5) is 23.5. The first-order valence-electron chi connectivity index (χ1n) is 6.63. The Labute approximate surface area is 129 Å². The molecule has 1 aromatic heterocycles. The zero-order valence-corrected chi connectivity index (χ0v) is 12.6. The molecular weight excluding hydrogens is 298 g/mol. The van der Waals surface area contributed by atoms with Crippen LogP contribution in [0.4, 0.5) is 0 Å². The quantitative estimate of drug-likeness (QED) is 0.661. The SMILES string of the molecule is C[C@H]1OCCN[C@@H]1C(=O)NCCNC(=O)c1ccco1.Cl. The van der Waals surface area contributed by atoms with Crippen molar-refractivity contribution in [3.63, 3.8) is 0 Å². The summed E-state index contributed by atoms with van der Waals surface area (Å²) in [5, 5.41) is 8.51. The fraction of sp³-hybridized carbons (Fsp3) is 0.538. The molecule has 1 fully saturated rings. The molecule has 1 aromatic rings. The van der Waals surface area contributed by atoms with Crippen molar-refractivity contribution in [1.29, 1.82) is 0 Å². The van der Waals surface area contributed by atoms with Gasteiger partial charge < -0.3 is 25.1 Å². The number of hydrogen-bond acceptors (Lipinski definition) is 5. The molecule has 1 saturated heterocycles. The minimum atomic E-state index is -0.343. The van der Waals surface area contributed by atoms with Crippen molar-refractivity contribution in [3.8, 4) is 0 Å². The maximum atomic E-state index is 11.9. The van der Waals surface area contributed by atoms with Crippen LogP contribution in [0, 0.1) is 0 Å². The summed E-state index contributed by atoms with van der Waals surface area (Å²) >= 11 is 0. The summed E-state index contributed by atoms with van der Waals surface area (Å²) in [6.07, 6.45) is 1.29. The fourth-order valence-electron chi connectivity index (χ4n) is 1.99. The van der Waals surface area contributed by atoms with E-state index in [0.29, 0.717) is 26.2 Å². The molecule has 1 aliphatic heterocycles. The normalized spacial score (nSPS) is 21.2. The molecule has 8 heteroatoms. The zero-order valence-electron chi connectivity index (χ0n) is 11.8. The van der Waals surface area contributed by atoms with Crippen LogP contribution in [0.25, 0.3) is 0 Å². The lowest BCUT2D eigenvalue weighted by Gasteiger charge is -2.29. The molecule has 21 heavy (non-hydrogen) atoms. The monoisotopic (exact) mass is 317 g/mol. The highest BCUT2D eigenvalue weighted by Gasteiger charge is 2.27. The molecule has 2 heterocycles. The average Bonchev–Trinajstić information content (AvgIpc) is 2.98. The first kappa shape index (κ1) is 17.5. The Morgan fingerprint density at radius 2 is 2.14 bits per heavy atom. The van der Waals surface area contributed by atoms with Gasteiger partial charge in [-0.2, -0.15) is 0 Å². The van der Waals surface area contributed by atoms with Crippen LogP contribution in [0.1, 0.15) is 17.5 Å². The highest BCUT2D eigenvalue weighted by atomic mass is 35.5. The summed E-state index contributed by atoms with van der Waals surface area (Å²) in [6, 6.07) is 2.88. The smallest absolute Gasteiger partial charge is 0.287 e. The van der Waals surface area contributed by atoms with E-state index in [0.717, 1.165) is 0 Å². The van der Waals surface area contributed by atoms with E-state index >= 15 is 0 Å². The molecule has 118 valence electrons. The lowest BCUT2D eigenvalue weighted by atomic mass is 10.1. The Morgan fingerprint density at radius 3 is 2.81 bits per heavy atom. The van der Waals surface area contributed by atoms with Gasteiger partial charge in [-0.25, -0.2) is 0 Å². The zero-order chi connectivity index (χ0) is 14.4. The summed E-state index contributed by atoms with van der Waals surface area (Å²) in [6.45, 7) is 3.83. The average molecular weight is 318 g/mol. The first-order chi connectivity index (χ1) is 9.68. The van der Waals surface area contributed by atoms with E-state index in [1.54, 1.807) is 12.1 Å². The van der Waals surface area contributed by atoms with Gasteiger partial charge in [-0.05, 0) is 19.1 Å². The lowest BCUT2D eigenvalue weighted by Crippen LogP contribution is -2.56. The van der Waals surface area contributed by atoms with Gasteiger partial charge in [-0.1, -0.05) is 0 Å². The van der Waals surface area contributed by atoms with E-state index in [-0.39, 0.29) is 42.1 Å². The van der Waals surface area contributed by atoms with Crippen molar-refractivity contribution < 1.29 is 18.7 Å². The third kappa shape index (κ3) is 5.04. The Balaban J connectivity index is 0.00000220. The molecule has 2 atom stereocenters. The van der Waals surface area contributed by atoms with Crippen LogP contribution >= 0.6 is 12.4 Å². The molecule has 0 unspecified atom stereocenters. The van der Waals surface area contributed by atoms with Gasteiger partial charge in [0, 0.05) is 19.6 Å². The molecule has 3 N–H and O–H groups in total. The van der Waals surface area contributed by atoms with E-state index in [1.165, 1.54) is 6.26 Å². The van der Waals surface area contributed by atoms with Gasteiger partial charge in [0.15, 0.2) is 5.76 Å². The van der Waals surface area contributed by atoms with Crippen molar-refractivity contribution in [2.45, 2.75) is 19.1 Å². The molecule has 7 nitrogen and oxygen atoms in total. The number of carbonyl (C=O) groups is 2. The van der Waals surface area contributed by atoms with E-state index in [2.05, 4.69) is 16.0 Å². The van der Waals surface area contributed by atoms with Gasteiger partial charge in [0.1, 0.15) is 6.04 Å². The van der Waals surface area contributed by atoms with E-state index in [1.807, 2.05) is 6.92 Å². The number of rotatable bonds is 5. The van der Waals surface area contributed by atoms with Crippen LogP contribution in [0.5, 0.6) is 0 Å². The third-order valence-electron chi connectivity index (χ3n) is 3.05. The second-order valence-electron chi connectivity index (χ2n) is 4.53. The van der Waals surface area contributed by atoms with Crippen LogP contribution in [0.15, 0.2) is 22.8 Å². The number of amides is 2. The van der Waals surface area contributed by atoms with E-state index in [4.69, 9.17) is 9.15 Å². The third-order valence-corrected chi connectivity index (χ3v) is 3.05. The number of halogens is 1. The number of carbonyl (C=O) groups excluding carboxylic acids is 2. The lowest BCUT2D eigenvalue weighted by molar-refractivity contribution is -0.128. The number of furan rings is 1. The second-order valence-corrected chi connectivity index (χ2v) is 4.53. The Bertz CT molecular complexity index is 452. The summed E-state index contributed by atoms with van der Waals surface area (Å²) in [5.41, 5.74) is 0. The highest BCUT2D eigenvalue weighted by Crippen LogP contribution is 2.03. The standard InChI is InChI=1S/C13H19N3O4.ClH/c1-9-11(14-6-8-19-9)13(18)16-5-4-15-12(17)10-3-2-7-20-10;/h2-3,7,9,11,14H,4-6,8H2,1H3,(H,15,17)(H,16,18);1H/t9-,11+;/m1./s1. The maximum Gasteiger partial charge on any atom is 0.287 e. The van der Waals surface area contributed by atoms with E-state index in [9.17, 15) is 9.59 Å². The Kier molecular flexibility index (Phi) is 7.21. The second kappa shape index (κ2) is 8.66. The van der Waals surface area contributed by atoms with Crippen LogP contribution in [-0.4, -0.2) is 50.2 Å². The van der Waals surface area contributed by atoms with Crippen molar-refractivity contribution in [3.05, 3.63) is 24.2 Å². The fourth-order valence-corrected chi connectivity index (χ4v) is 1.99. The Morgan fingerprint density at radius 1 is 1.38 bits per heavy atom. The minimum Gasteiger partial charge on any atom is -0.459 e. The molecule has 2 amide bonds. The molecule has 0 bridgehead atoms. The number of nitrogens with one attached hydrogen (secondary N) is 3. The molecule has 0 aromatic carbocycles. The van der Waals surface area contributed by atoms with Crippen molar-refractivity contribution >= 4 is 24.2 Å². The highest BCUT2D eigenvalue weighted by molar-refractivity contribution is 5.91. The van der Waals surface area contributed by atoms with Crippen LogP contribution in [0.3, 0.4) is 0 Å². The van der Waals surface area contributed by atoms with Crippen molar-refractivity contribution in [2.75, 3.05) is 26.2 Å². The number of hydrogen-bond donors (Lipinski definition) is 3.